The lowest BCUT2D eigenvalue weighted by Gasteiger charge is -2.03. The van der Waals surface area contributed by atoms with Gasteiger partial charge in [-0.2, -0.15) is 0 Å². The Kier molecular flexibility index (Phi) is 4.38. The van der Waals surface area contributed by atoms with Gasteiger partial charge in [-0.25, -0.2) is 4.79 Å². The summed E-state index contributed by atoms with van der Waals surface area (Å²) in [5.41, 5.74) is 0. The molecule has 2 heterocycles. The Balaban J connectivity index is 1.99. The molecule has 3 nitrogen and oxygen atoms in total. The van der Waals surface area contributed by atoms with Crippen molar-refractivity contribution in [2.75, 3.05) is 6.61 Å². The van der Waals surface area contributed by atoms with Crippen molar-refractivity contribution in [2.24, 2.45) is 0 Å². The maximum atomic E-state index is 11.1. The average molecular weight is 282 g/mol. The lowest BCUT2D eigenvalue weighted by atomic mass is 10.3. The van der Waals surface area contributed by atoms with Crippen LogP contribution in [0.1, 0.15) is 26.3 Å². The summed E-state index contributed by atoms with van der Waals surface area (Å²) in [6.45, 7) is 2.52. The smallest absolute Gasteiger partial charge is 0.349 e. The Labute approximate surface area is 114 Å². The summed E-state index contributed by atoms with van der Waals surface area (Å²) in [4.78, 5) is 13.7. The molecule has 0 aromatic carbocycles. The average Bonchev–Trinajstić information content (AvgIpc) is 2.97. The number of carboxylic acids is 1. The van der Waals surface area contributed by atoms with Gasteiger partial charge < -0.3 is 9.84 Å². The van der Waals surface area contributed by atoms with Crippen LogP contribution in [-0.4, -0.2) is 17.7 Å². The number of rotatable bonds is 6. The summed E-state index contributed by atoms with van der Waals surface area (Å²) in [7, 11) is 0. The third kappa shape index (κ3) is 3.11. The molecule has 0 saturated heterocycles. The van der Waals surface area contributed by atoms with Crippen molar-refractivity contribution < 1.29 is 14.6 Å². The molecule has 0 radical (unpaired) electrons. The van der Waals surface area contributed by atoms with Crippen LogP contribution in [0.15, 0.2) is 23.6 Å². The highest BCUT2D eigenvalue weighted by atomic mass is 32.1. The van der Waals surface area contributed by atoms with E-state index in [9.17, 15) is 4.79 Å². The van der Waals surface area contributed by atoms with E-state index >= 15 is 0 Å². The van der Waals surface area contributed by atoms with Gasteiger partial charge >= 0.3 is 5.97 Å². The fraction of sp³-hybridized carbons (Fsp3) is 0.308. The van der Waals surface area contributed by atoms with Crippen LogP contribution in [0.5, 0.6) is 5.75 Å². The predicted molar refractivity (Wildman–Crippen MR) is 74.2 cm³/mol. The van der Waals surface area contributed by atoms with Crippen molar-refractivity contribution in [3.05, 3.63) is 38.2 Å². The molecular weight excluding hydrogens is 268 g/mol. The summed E-state index contributed by atoms with van der Waals surface area (Å²) in [6, 6.07) is 5.89. The van der Waals surface area contributed by atoms with Crippen LogP contribution in [0.4, 0.5) is 0 Å². The van der Waals surface area contributed by atoms with Crippen LogP contribution in [0.25, 0.3) is 0 Å². The summed E-state index contributed by atoms with van der Waals surface area (Å²) in [6.07, 6.45) is 1.65. The van der Waals surface area contributed by atoms with Crippen molar-refractivity contribution in [1.82, 2.24) is 0 Å². The Morgan fingerprint density at radius 1 is 1.44 bits per heavy atom. The number of hydrogen-bond acceptors (Lipinski definition) is 4. The minimum absolute atomic E-state index is 0.304. The van der Waals surface area contributed by atoms with Crippen LogP contribution >= 0.6 is 22.7 Å². The number of aromatic carboxylic acids is 1. The minimum Gasteiger partial charge on any atom is -0.491 e. The van der Waals surface area contributed by atoms with E-state index < -0.39 is 5.97 Å². The molecule has 18 heavy (non-hydrogen) atoms. The van der Waals surface area contributed by atoms with Crippen molar-refractivity contribution in [3.63, 3.8) is 0 Å². The predicted octanol–water partition coefficient (Wildman–Crippen LogP) is 3.69. The summed E-state index contributed by atoms with van der Waals surface area (Å²) >= 11 is 2.98. The van der Waals surface area contributed by atoms with Crippen LogP contribution in [0.3, 0.4) is 0 Å². The Morgan fingerprint density at radius 2 is 2.28 bits per heavy atom. The second-order valence-electron chi connectivity index (χ2n) is 3.74. The van der Waals surface area contributed by atoms with E-state index in [1.807, 2.05) is 24.4 Å². The van der Waals surface area contributed by atoms with E-state index in [0.717, 1.165) is 17.7 Å². The van der Waals surface area contributed by atoms with Gasteiger partial charge in [0.2, 0.25) is 0 Å². The zero-order valence-corrected chi connectivity index (χ0v) is 11.6. The quantitative estimate of drug-likeness (QED) is 0.879. The topological polar surface area (TPSA) is 46.5 Å². The van der Waals surface area contributed by atoms with Gasteiger partial charge in [0.1, 0.15) is 5.75 Å². The van der Waals surface area contributed by atoms with Gasteiger partial charge in [0.05, 0.1) is 6.61 Å². The van der Waals surface area contributed by atoms with E-state index in [1.165, 1.54) is 16.2 Å². The monoisotopic (exact) mass is 282 g/mol. The van der Waals surface area contributed by atoms with Gasteiger partial charge in [-0.05, 0) is 23.9 Å². The molecule has 0 saturated carbocycles. The zero-order chi connectivity index (χ0) is 13.0. The van der Waals surface area contributed by atoms with Gasteiger partial charge in [-0.3, -0.25) is 0 Å². The largest absolute Gasteiger partial charge is 0.491 e. The number of hydrogen-bond donors (Lipinski definition) is 1. The zero-order valence-electron chi connectivity index (χ0n) is 10.0. The van der Waals surface area contributed by atoms with Crippen molar-refractivity contribution in [2.45, 2.75) is 19.8 Å². The normalized spacial score (nSPS) is 10.5. The van der Waals surface area contributed by atoms with Crippen molar-refractivity contribution in [3.8, 4) is 5.75 Å². The molecule has 0 bridgehead atoms. The Bertz CT molecular complexity index is 514. The van der Waals surface area contributed by atoms with Crippen molar-refractivity contribution >= 4 is 28.6 Å². The molecule has 96 valence electrons. The number of aryl methyl sites for hydroxylation is 1. The number of ether oxygens (including phenoxy) is 1. The standard InChI is InChI=1S/C13H14O3S2/c1-2-9-8-11(12(18-9)13(14)15)16-6-5-10-4-3-7-17-10/h3-4,7-8H,2,5-6H2,1H3,(H,14,15). The molecule has 0 fully saturated rings. The molecule has 0 atom stereocenters. The van der Waals surface area contributed by atoms with Crippen LogP contribution in [-0.2, 0) is 12.8 Å². The van der Waals surface area contributed by atoms with Crippen LogP contribution < -0.4 is 4.74 Å². The summed E-state index contributed by atoms with van der Waals surface area (Å²) in [5, 5.41) is 11.1. The van der Waals surface area contributed by atoms with Crippen molar-refractivity contribution in [1.29, 1.82) is 0 Å². The first kappa shape index (κ1) is 13.1. The SMILES string of the molecule is CCc1cc(OCCc2cccs2)c(C(=O)O)s1. The first-order valence-corrected chi connectivity index (χ1v) is 7.41. The highest BCUT2D eigenvalue weighted by Gasteiger charge is 2.16. The second-order valence-corrected chi connectivity index (χ2v) is 5.91. The van der Waals surface area contributed by atoms with E-state index in [2.05, 4.69) is 6.07 Å². The van der Waals surface area contributed by atoms with Gasteiger partial charge in [-0.1, -0.05) is 13.0 Å². The van der Waals surface area contributed by atoms with Gasteiger partial charge in [0.15, 0.2) is 4.88 Å². The molecule has 0 amide bonds. The van der Waals surface area contributed by atoms with E-state index in [1.54, 1.807) is 11.3 Å². The van der Waals surface area contributed by atoms with Crippen LogP contribution in [0.2, 0.25) is 0 Å². The molecule has 1 N–H and O–H groups in total. The summed E-state index contributed by atoms with van der Waals surface area (Å²) < 4.78 is 5.59. The highest BCUT2D eigenvalue weighted by Crippen LogP contribution is 2.30. The molecule has 0 unspecified atom stereocenters. The van der Waals surface area contributed by atoms with E-state index in [4.69, 9.17) is 9.84 Å². The third-order valence-corrected chi connectivity index (χ3v) is 4.66. The molecule has 2 rings (SSSR count). The van der Waals surface area contributed by atoms with Gasteiger partial charge in [-0.15, -0.1) is 22.7 Å². The third-order valence-electron chi connectivity index (χ3n) is 2.48. The molecule has 0 spiro atoms. The fourth-order valence-corrected chi connectivity index (χ4v) is 3.14. The fourth-order valence-electron chi connectivity index (χ4n) is 1.57. The molecule has 2 aromatic rings. The lowest BCUT2D eigenvalue weighted by Crippen LogP contribution is -2.03. The van der Waals surface area contributed by atoms with Crippen LogP contribution in [0, 0.1) is 0 Å². The molecule has 0 aliphatic heterocycles. The summed E-state index contributed by atoms with van der Waals surface area (Å²) in [5.74, 6) is -0.410. The maximum Gasteiger partial charge on any atom is 0.349 e. The molecule has 0 aliphatic carbocycles. The van der Waals surface area contributed by atoms with Gasteiger partial charge in [0, 0.05) is 16.2 Å². The highest BCUT2D eigenvalue weighted by molar-refractivity contribution is 7.14. The minimum atomic E-state index is -0.911. The first-order chi connectivity index (χ1) is 8.70. The number of carbonyl (C=O) groups is 1. The first-order valence-electron chi connectivity index (χ1n) is 5.72. The molecule has 2 aromatic heterocycles. The Morgan fingerprint density at radius 3 is 2.89 bits per heavy atom. The second kappa shape index (κ2) is 6.02. The van der Waals surface area contributed by atoms with E-state index in [-0.39, 0.29) is 0 Å². The number of carboxylic acid groups (broad SMARTS) is 1. The Hall–Kier alpha value is -1.33. The molecular formula is C13H14O3S2. The lowest BCUT2D eigenvalue weighted by molar-refractivity contribution is 0.0698. The molecule has 0 aliphatic rings. The van der Waals surface area contributed by atoms with Gasteiger partial charge in [0.25, 0.3) is 0 Å². The molecule has 5 heteroatoms. The maximum absolute atomic E-state index is 11.1. The number of thiophene rings is 2. The van der Waals surface area contributed by atoms with E-state index in [0.29, 0.717) is 17.2 Å².